The summed E-state index contributed by atoms with van der Waals surface area (Å²) in [7, 11) is 4.45. The first-order valence-electron chi connectivity index (χ1n) is 6.90. The Morgan fingerprint density at radius 2 is 1.65 bits per heavy atom. The number of allylic oxidation sites excluding steroid dienone is 1. The first-order valence-corrected chi connectivity index (χ1v) is 6.90. The molecule has 0 saturated carbocycles. The quantitative estimate of drug-likeness (QED) is 0.654. The maximum atomic E-state index is 12.2. The maximum absolute atomic E-state index is 12.2. The SMILES string of the molecule is COc1cccc(C(=O)/C=C/c2cc(OC)c(O)c(OC)c2)c1. The zero-order valence-electron chi connectivity index (χ0n) is 13.2. The molecule has 0 aliphatic carbocycles. The second-order valence-corrected chi connectivity index (χ2v) is 4.70. The van der Waals surface area contributed by atoms with Gasteiger partial charge in [0.1, 0.15) is 5.75 Å². The monoisotopic (exact) mass is 314 g/mol. The number of ether oxygens (including phenoxy) is 3. The van der Waals surface area contributed by atoms with Gasteiger partial charge in [-0.2, -0.15) is 0 Å². The van der Waals surface area contributed by atoms with Crippen molar-refractivity contribution in [2.24, 2.45) is 0 Å². The first-order chi connectivity index (χ1) is 11.1. The van der Waals surface area contributed by atoms with Gasteiger partial charge in [0.2, 0.25) is 5.75 Å². The molecular formula is C18H18O5. The highest BCUT2D eigenvalue weighted by molar-refractivity contribution is 6.07. The van der Waals surface area contributed by atoms with Gasteiger partial charge in [-0.15, -0.1) is 0 Å². The summed E-state index contributed by atoms with van der Waals surface area (Å²) in [4.78, 5) is 12.2. The minimum absolute atomic E-state index is 0.0775. The lowest BCUT2D eigenvalue weighted by molar-refractivity contribution is 0.104. The number of phenolic OH excluding ortho intramolecular Hbond substituents is 1. The minimum atomic E-state index is -0.157. The first kappa shape index (κ1) is 16.4. The van der Waals surface area contributed by atoms with Gasteiger partial charge >= 0.3 is 0 Å². The van der Waals surface area contributed by atoms with E-state index in [2.05, 4.69) is 0 Å². The van der Waals surface area contributed by atoms with Crippen molar-refractivity contribution in [3.05, 3.63) is 53.6 Å². The number of phenols is 1. The zero-order chi connectivity index (χ0) is 16.8. The molecule has 0 fully saturated rings. The van der Waals surface area contributed by atoms with Crippen LogP contribution in [0.2, 0.25) is 0 Å². The number of carbonyl (C=O) groups excluding carboxylic acids is 1. The van der Waals surface area contributed by atoms with E-state index in [0.717, 1.165) is 0 Å². The summed E-state index contributed by atoms with van der Waals surface area (Å²) in [6.07, 6.45) is 3.08. The molecule has 120 valence electrons. The van der Waals surface area contributed by atoms with E-state index in [0.29, 0.717) is 16.9 Å². The van der Waals surface area contributed by atoms with Crippen LogP contribution < -0.4 is 14.2 Å². The van der Waals surface area contributed by atoms with Crippen molar-refractivity contribution in [2.45, 2.75) is 0 Å². The summed E-state index contributed by atoms with van der Waals surface area (Å²) < 4.78 is 15.3. The Balaban J connectivity index is 2.27. The van der Waals surface area contributed by atoms with Crippen molar-refractivity contribution in [3.8, 4) is 23.0 Å². The van der Waals surface area contributed by atoms with Gasteiger partial charge in [-0.1, -0.05) is 18.2 Å². The number of hydrogen-bond acceptors (Lipinski definition) is 5. The average molecular weight is 314 g/mol. The lowest BCUT2D eigenvalue weighted by atomic mass is 10.1. The zero-order valence-corrected chi connectivity index (χ0v) is 13.2. The molecule has 0 heterocycles. The van der Waals surface area contributed by atoms with Crippen LogP contribution in [0, 0.1) is 0 Å². The van der Waals surface area contributed by atoms with Gasteiger partial charge in [0.05, 0.1) is 21.3 Å². The highest BCUT2D eigenvalue weighted by Gasteiger charge is 2.10. The minimum Gasteiger partial charge on any atom is -0.502 e. The van der Waals surface area contributed by atoms with Crippen LogP contribution in [-0.4, -0.2) is 32.2 Å². The number of ketones is 1. The molecule has 0 saturated heterocycles. The highest BCUT2D eigenvalue weighted by atomic mass is 16.5. The second kappa shape index (κ2) is 7.35. The molecule has 0 radical (unpaired) electrons. The van der Waals surface area contributed by atoms with Crippen LogP contribution in [-0.2, 0) is 0 Å². The van der Waals surface area contributed by atoms with Gasteiger partial charge in [0.25, 0.3) is 0 Å². The van der Waals surface area contributed by atoms with Gasteiger partial charge in [0, 0.05) is 5.56 Å². The number of methoxy groups -OCH3 is 3. The molecule has 0 aliphatic rings. The van der Waals surface area contributed by atoms with Crippen LogP contribution >= 0.6 is 0 Å². The Morgan fingerprint density at radius 1 is 1.00 bits per heavy atom. The smallest absolute Gasteiger partial charge is 0.200 e. The van der Waals surface area contributed by atoms with E-state index in [4.69, 9.17) is 14.2 Å². The van der Waals surface area contributed by atoms with Crippen molar-refractivity contribution < 1.29 is 24.1 Å². The third-order valence-corrected chi connectivity index (χ3v) is 3.28. The summed E-state index contributed by atoms with van der Waals surface area (Å²) in [6, 6.07) is 10.2. The Labute approximate surface area is 134 Å². The molecule has 0 spiro atoms. The van der Waals surface area contributed by atoms with E-state index in [9.17, 15) is 9.90 Å². The van der Waals surface area contributed by atoms with Gasteiger partial charge in [-0.05, 0) is 35.9 Å². The molecule has 5 nitrogen and oxygen atoms in total. The molecule has 0 aliphatic heterocycles. The van der Waals surface area contributed by atoms with E-state index in [-0.39, 0.29) is 23.0 Å². The Bertz CT molecular complexity index is 709. The van der Waals surface area contributed by atoms with E-state index in [1.54, 1.807) is 49.6 Å². The van der Waals surface area contributed by atoms with Crippen LogP contribution in [0.25, 0.3) is 6.08 Å². The summed E-state index contributed by atoms with van der Waals surface area (Å²) in [5.41, 5.74) is 1.20. The van der Waals surface area contributed by atoms with Gasteiger partial charge < -0.3 is 19.3 Å². The molecule has 0 amide bonds. The molecule has 2 rings (SSSR count). The van der Waals surface area contributed by atoms with Crippen molar-refractivity contribution in [3.63, 3.8) is 0 Å². The van der Waals surface area contributed by atoms with E-state index < -0.39 is 0 Å². The van der Waals surface area contributed by atoms with Crippen molar-refractivity contribution in [1.82, 2.24) is 0 Å². The third kappa shape index (κ3) is 3.83. The van der Waals surface area contributed by atoms with Crippen molar-refractivity contribution in [2.75, 3.05) is 21.3 Å². The molecule has 0 aromatic heterocycles. The van der Waals surface area contributed by atoms with Crippen LogP contribution in [0.4, 0.5) is 0 Å². The lowest BCUT2D eigenvalue weighted by Crippen LogP contribution is -1.95. The fraction of sp³-hybridized carbons (Fsp3) is 0.167. The standard InChI is InChI=1S/C18H18O5/c1-21-14-6-4-5-13(11-14)15(19)8-7-12-9-16(22-2)18(20)17(10-12)23-3/h4-11,20H,1-3H3/b8-7+. The summed E-state index contributed by atoms with van der Waals surface area (Å²) in [5, 5.41) is 9.87. The van der Waals surface area contributed by atoms with Gasteiger partial charge in [0.15, 0.2) is 17.3 Å². The molecule has 1 N–H and O–H groups in total. The number of benzene rings is 2. The predicted octanol–water partition coefficient (Wildman–Crippen LogP) is 3.31. The summed E-state index contributed by atoms with van der Waals surface area (Å²) in [5.74, 6) is 0.939. The van der Waals surface area contributed by atoms with Crippen LogP contribution in [0.3, 0.4) is 0 Å². The molecule has 0 bridgehead atoms. The average Bonchev–Trinajstić information content (AvgIpc) is 2.60. The lowest BCUT2D eigenvalue weighted by Gasteiger charge is -2.09. The van der Waals surface area contributed by atoms with Crippen LogP contribution in [0.15, 0.2) is 42.5 Å². The Morgan fingerprint density at radius 3 is 2.22 bits per heavy atom. The number of hydrogen-bond donors (Lipinski definition) is 1. The molecule has 0 unspecified atom stereocenters. The largest absolute Gasteiger partial charge is 0.502 e. The number of rotatable bonds is 6. The van der Waals surface area contributed by atoms with Crippen molar-refractivity contribution in [1.29, 1.82) is 0 Å². The van der Waals surface area contributed by atoms with Crippen molar-refractivity contribution >= 4 is 11.9 Å². The van der Waals surface area contributed by atoms with E-state index in [1.807, 2.05) is 0 Å². The Kier molecular flexibility index (Phi) is 5.25. The fourth-order valence-electron chi connectivity index (χ4n) is 2.05. The number of carbonyl (C=O) groups is 1. The second-order valence-electron chi connectivity index (χ2n) is 4.70. The van der Waals surface area contributed by atoms with E-state index >= 15 is 0 Å². The van der Waals surface area contributed by atoms with Crippen LogP contribution in [0.1, 0.15) is 15.9 Å². The normalized spacial score (nSPS) is 10.6. The predicted molar refractivity (Wildman–Crippen MR) is 87.6 cm³/mol. The van der Waals surface area contributed by atoms with Gasteiger partial charge in [-0.3, -0.25) is 4.79 Å². The fourth-order valence-corrected chi connectivity index (χ4v) is 2.05. The highest BCUT2D eigenvalue weighted by Crippen LogP contribution is 2.37. The molecular weight excluding hydrogens is 296 g/mol. The summed E-state index contributed by atoms with van der Waals surface area (Å²) in [6.45, 7) is 0. The molecule has 23 heavy (non-hydrogen) atoms. The maximum Gasteiger partial charge on any atom is 0.200 e. The van der Waals surface area contributed by atoms with Crippen LogP contribution in [0.5, 0.6) is 23.0 Å². The topological polar surface area (TPSA) is 65.0 Å². The Hall–Kier alpha value is -2.95. The molecule has 2 aromatic carbocycles. The van der Waals surface area contributed by atoms with Gasteiger partial charge in [-0.25, -0.2) is 0 Å². The van der Waals surface area contributed by atoms with E-state index in [1.165, 1.54) is 20.3 Å². The summed E-state index contributed by atoms with van der Waals surface area (Å²) >= 11 is 0. The molecule has 0 atom stereocenters. The molecule has 5 heteroatoms. The number of aromatic hydroxyl groups is 1. The molecule has 2 aromatic rings. The third-order valence-electron chi connectivity index (χ3n) is 3.28.